The molecule has 2 aliphatic heterocycles. The Labute approximate surface area is 456 Å². The minimum atomic E-state index is -0.750. The highest BCUT2D eigenvalue weighted by atomic mass is 79.9. The molecular weight excluding hydrogens is 1140 g/mol. The minimum Gasteiger partial charge on any atom is -0.381 e. The first-order valence-corrected chi connectivity index (χ1v) is 27.3. The van der Waals surface area contributed by atoms with E-state index in [-0.39, 0.29) is 70.5 Å². The van der Waals surface area contributed by atoms with E-state index >= 15 is 0 Å². The molecule has 8 nitrogen and oxygen atoms in total. The summed E-state index contributed by atoms with van der Waals surface area (Å²) in [5.41, 5.74) is 9.72. The topological polar surface area (TPSA) is 110 Å². The number of fused-ring (bicyclic) bond motifs is 4. The van der Waals surface area contributed by atoms with Crippen LogP contribution in [0.1, 0.15) is 82.7 Å². The molecule has 6 aromatic carbocycles. The molecule has 70 heavy (non-hydrogen) atoms. The zero-order valence-electron chi connectivity index (χ0n) is 37.7. The van der Waals surface area contributed by atoms with E-state index < -0.39 is 8.59 Å². The van der Waals surface area contributed by atoms with Crippen molar-refractivity contribution in [1.82, 2.24) is 0 Å². The fourth-order valence-corrected chi connectivity index (χ4v) is 12.5. The summed E-state index contributed by atoms with van der Waals surface area (Å²) >= 11 is 36.1. The standard InChI is InChI=1S/2C26H25BrN2O2.2CHCl3/c2*27-19-11-14-24-22(15-19)25(18-9-5-2-6-10-18)21-13-12-20(26(21)28-24)23(16-29(30)31)17-7-3-1-4-8-17;2*2-1(3)4/h2*1-11,14-15,20-21,23,25-26,28H,12-13,16H2;2*1H/t2*20-,21+,23-,25+,26-;;/m11../s1. The van der Waals surface area contributed by atoms with Gasteiger partial charge in [-0.3, -0.25) is 20.2 Å². The lowest BCUT2D eigenvalue weighted by Gasteiger charge is -2.41. The van der Waals surface area contributed by atoms with Gasteiger partial charge in [0.15, 0.2) is 8.59 Å². The van der Waals surface area contributed by atoms with E-state index in [0.717, 1.165) is 57.1 Å². The van der Waals surface area contributed by atoms with Crippen LogP contribution in [0.5, 0.6) is 0 Å². The smallest absolute Gasteiger partial charge is 0.211 e. The number of nitro groups is 2. The second-order valence-corrected chi connectivity index (χ2v) is 23.7. The molecule has 0 unspecified atom stereocenters. The second kappa shape index (κ2) is 25.9. The van der Waals surface area contributed by atoms with E-state index in [9.17, 15) is 20.2 Å². The fraction of sp³-hybridized carbons (Fsp3) is 0.333. The number of anilines is 2. The Kier molecular flexibility index (Phi) is 20.0. The number of halogens is 8. The van der Waals surface area contributed by atoms with Gasteiger partial charge in [0.1, 0.15) is 0 Å². The molecule has 10 rings (SSSR count). The minimum absolute atomic E-state index is 0.0250. The van der Waals surface area contributed by atoms with E-state index in [1.165, 1.54) is 22.3 Å². The van der Waals surface area contributed by atoms with Crippen molar-refractivity contribution < 1.29 is 9.85 Å². The Balaban J connectivity index is 0.000000179. The van der Waals surface area contributed by atoms with Crippen LogP contribution in [-0.2, 0) is 0 Å². The lowest BCUT2D eigenvalue weighted by atomic mass is 9.72. The molecule has 10 atom stereocenters. The number of nitrogens with zero attached hydrogens (tertiary/aromatic N) is 2. The predicted octanol–water partition coefficient (Wildman–Crippen LogP) is 16.9. The van der Waals surface area contributed by atoms with Crippen molar-refractivity contribution in [1.29, 1.82) is 0 Å². The van der Waals surface area contributed by atoms with Gasteiger partial charge in [-0.25, -0.2) is 0 Å². The van der Waals surface area contributed by atoms with Crippen molar-refractivity contribution >= 4 is 113 Å². The van der Waals surface area contributed by atoms with Gasteiger partial charge >= 0.3 is 0 Å². The molecule has 16 heteroatoms. The highest BCUT2D eigenvalue weighted by molar-refractivity contribution is 9.10. The van der Waals surface area contributed by atoms with Crippen LogP contribution < -0.4 is 10.6 Å². The van der Waals surface area contributed by atoms with Crippen LogP contribution in [-0.4, -0.2) is 43.6 Å². The van der Waals surface area contributed by atoms with Gasteiger partial charge in [0.05, 0.1) is 11.8 Å². The normalized spacial score (nSPS) is 23.3. The van der Waals surface area contributed by atoms with Crippen molar-refractivity contribution in [2.45, 2.75) is 70.0 Å². The van der Waals surface area contributed by atoms with Gasteiger partial charge in [-0.05, 0) is 119 Å². The van der Waals surface area contributed by atoms with Crippen LogP contribution in [0.15, 0.2) is 167 Å². The van der Waals surface area contributed by atoms with E-state index in [0.29, 0.717) is 11.8 Å². The average molecular weight is 1190 g/mol. The summed E-state index contributed by atoms with van der Waals surface area (Å²) in [5, 5.41) is 30.8. The first kappa shape index (κ1) is 54.2. The van der Waals surface area contributed by atoms with Crippen LogP contribution >= 0.6 is 101 Å². The Morgan fingerprint density at radius 3 is 1.11 bits per heavy atom. The molecule has 0 radical (unpaired) electrons. The molecule has 0 spiro atoms. The van der Waals surface area contributed by atoms with Crippen molar-refractivity contribution in [2.24, 2.45) is 23.7 Å². The van der Waals surface area contributed by atoms with Crippen molar-refractivity contribution in [2.75, 3.05) is 23.7 Å². The Morgan fingerprint density at radius 1 is 0.486 bits per heavy atom. The molecule has 4 aliphatic rings. The predicted molar refractivity (Wildman–Crippen MR) is 297 cm³/mol. The van der Waals surface area contributed by atoms with Gasteiger partial charge in [-0.1, -0.05) is 223 Å². The molecule has 2 fully saturated rings. The molecule has 0 bridgehead atoms. The lowest BCUT2D eigenvalue weighted by molar-refractivity contribution is -0.485. The maximum absolute atomic E-state index is 11.6. The third kappa shape index (κ3) is 13.9. The fourth-order valence-electron chi connectivity index (χ4n) is 11.7. The van der Waals surface area contributed by atoms with Crippen molar-refractivity contribution in [3.63, 3.8) is 0 Å². The Hall–Kier alpha value is -3.58. The molecular formula is C54H52Br2Cl6N4O4. The summed E-state index contributed by atoms with van der Waals surface area (Å²) in [4.78, 5) is 22.9. The molecule has 2 heterocycles. The molecule has 368 valence electrons. The number of hydrogen-bond donors (Lipinski definition) is 2. The van der Waals surface area contributed by atoms with Crippen molar-refractivity contribution in [3.8, 4) is 0 Å². The van der Waals surface area contributed by atoms with E-state index in [4.69, 9.17) is 69.6 Å². The maximum atomic E-state index is 11.6. The number of hydrogen-bond acceptors (Lipinski definition) is 6. The van der Waals surface area contributed by atoms with E-state index in [1.54, 1.807) is 0 Å². The third-order valence-electron chi connectivity index (χ3n) is 14.2. The number of rotatable bonds is 10. The maximum Gasteiger partial charge on any atom is 0.211 e. The lowest BCUT2D eigenvalue weighted by Crippen LogP contribution is -2.41. The summed E-state index contributed by atoms with van der Waals surface area (Å²) in [6.07, 6.45) is 4.12. The molecule has 6 aromatic rings. The number of benzene rings is 6. The van der Waals surface area contributed by atoms with Gasteiger partial charge in [0, 0.05) is 54.1 Å². The van der Waals surface area contributed by atoms with Crippen molar-refractivity contribution in [3.05, 3.63) is 220 Å². The highest BCUT2D eigenvalue weighted by Crippen LogP contribution is 2.55. The van der Waals surface area contributed by atoms with E-state index in [1.807, 2.05) is 60.7 Å². The number of alkyl halides is 6. The molecule has 2 aliphatic carbocycles. The quantitative estimate of drug-likeness (QED) is 0.0803. The Bertz CT molecular complexity index is 2440. The summed E-state index contributed by atoms with van der Waals surface area (Å²) in [6.45, 7) is -0.0500. The largest absolute Gasteiger partial charge is 0.381 e. The van der Waals surface area contributed by atoms with Gasteiger partial charge in [-0.15, -0.1) is 0 Å². The zero-order valence-corrected chi connectivity index (χ0v) is 45.4. The van der Waals surface area contributed by atoms with Gasteiger partial charge in [0.25, 0.3) is 0 Å². The average Bonchev–Trinajstić information content (AvgIpc) is 3.96. The van der Waals surface area contributed by atoms with Gasteiger partial charge in [-0.2, -0.15) is 0 Å². The van der Waals surface area contributed by atoms with Crippen LogP contribution in [0, 0.1) is 43.9 Å². The highest BCUT2D eigenvalue weighted by Gasteiger charge is 2.50. The van der Waals surface area contributed by atoms with Crippen LogP contribution in [0.2, 0.25) is 0 Å². The first-order valence-electron chi connectivity index (χ1n) is 23.1. The summed E-state index contributed by atoms with van der Waals surface area (Å²) in [7, 11) is 0. The zero-order chi connectivity index (χ0) is 49.9. The van der Waals surface area contributed by atoms with Crippen LogP contribution in [0.3, 0.4) is 0 Å². The van der Waals surface area contributed by atoms with Crippen LogP contribution in [0.25, 0.3) is 0 Å². The summed E-state index contributed by atoms with van der Waals surface area (Å²) in [6, 6.07) is 54.8. The molecule has 0 amide bonds. The molecule has 2 N–H and O–H groups in total. The van der Waals surface area contributed by atoms with Crippen LogP contribution in [0.4, 0.5) is 11.4 Å². The Morgan fingerprint density at radius 2 is 0.800 bits per heavy atom. The molecule has 0 saturated heterocycles. The van der Waals surface area contributed by atoms with E-state index in [2.05, 4.69) is 140 Å². The van der Waals surface area contributed by atoms with Gasteiger partial charge < -0.3 is 10.6 Å². The SMILES string of the molecule is ClC(Cl)Cl.ClC(Cl)Cl.O=[N+]([O-])C[C@H](c1ccccc1)[C@H]1CC[C@H]2[C@H](c3ccccc3)c3cc(Br)ccc3N[C@@H]21.O=[N+]([O-])C[C@H](c1ccccc1)[C@H]1CC[C@H]2[C@H](c3ccccc3)c3cc(Br)ccc3N[C@@H]21. The molecule has 2 saturated carbocycles. The molecule has 0 aromatic heterocycles. The summed E-state index contributed by atoms with van der Waals surface area (Å²) < 4.78 is 0.662. The van der Waals surface area contributed by atoms with Gasteiger partial charge in [0.2, 0.25) is 13.1 Å². The monoisotopic (exact) mass is 1190 g/mol. The third-order valence-corrected chi connectivity index (χ3v) is 15.2. The summed E-state index contributed by atoms with van der Waals surface area (Å²) in [5.74, 6) is 1.66. The first-order chi connectivity index (χ1) is 33.7. The second-order valence-electron chi connectivity index (χ2n) is 18.0. The number of nitrogens with one attached hydrogen (secondary N) is 2.